The third-order valence-electron chi connectivity index (χ3n) is 4.29. The molecule has 0 spiro atoms. The van der Waals surface area contributed by atoms with Crippen molar-refractivity contribution in [3.05, 3.63) is 105 Å². The predicted molar refractivity (Wildman–Crippen MR) is 113 cm³/mol. The standard InChI is InChI=1S/C22H18Cl3NO/c23-19-11-10-16(21(25)14-19)12-13-26(15-18-8-4-5-9-20(18)24)22(27)17-6-2-1-3-7-17/h1-11,14H,12-13,15H2. The molecule has 0 fully saturated rings. The Balaban J connectivity index is 1.82. The number of amides is 1. The first-order valence-corrected chi connectivity index (χ1v) is 9.69. The Hall–Kier alpha value is -2.00. The zero-order chi connectivity index (χ0) is 19.2. The van der Waals surface area contributed by atoms with Crippen molar-refractivity contribution in [1.29, 1.82) is 0 Å². The van der Waals surface area contributed by atoms with Gasteiger partial charge in [0.1, 0.15) is 0 Å². The van der Waals surface area contributed by atoms with Crippen LogP contribution in [0.4, 0.5) is 0 Å². The molecule has 3 aromatic rings. The molecule has 0 saturated carbocycles. The Labute approximate surface area is 174 Å². The van der Waals surface area contributed by atoms with Crippen LogP contribution in [-0.4, -0.2) is 17.4 Å². The summed E-state index contributed by atoms with van der Waals surface area (Å²) in [5.41, 5.74) is 2.50. The van der Waals surface area contributed by atoms with E-state index in [0.29, 0.717) is 40.1 Å². The van der Waals surface area contributed by atoms with Gasteiger partial charge in [0.15, 0.2) is 0 Å². The van der Waals surface area contributed by atoms with Crippen LogP contribution in [0.5, 0.6) is 0 Å². The molecule has 0 heterocycles. The first kappa shape index (κ1) is 19.8. The average Bonchev–Trinajstić information content (AvgIpc) is 2.68. The lowest BCUT2D eigenvalue weighted by atomic mass is 10.1. The summed E-state index contributed by atoms with van der Waals surface area (Å²) in [6, 6.07) is 22.2. The van der Waals surface area contributed by atoms with E-state index in [1.54, 1.807) is 17.0 Å². The van der Waals surface area contributed by atoms with Crippen molar-refractivity contribution in [2.75, 3.05) is 6.54 Å². The number of halogens is 3. The van der Waals surface area contributed by atoms with Crippen LogP contribution < -0.4 is 0 Å². The van der Waals surface area contributed by atoms with Crippen molar-refractivity contribution in [1.82, 2.24) is 4.90 Å². The molecular formula is C22H18Cl3NO. The van der Waals surface area contributed by atoms with Gasteiger partial charge in [-0.2, -0.15) is 0 Å². The fourth-order valence-electron chi connectivity index (χ4n) is 2.83. The highest BCUT2D eigenvalue weighted by Crippen LogP contribution is 2.23. The van der Waals surface area contributed by atoms with Gasteiger partial charge in [-0.05, 0) is 47.9 Å². The summed E-state index contributed by atoms with van der Waals surface area (Å²) >= 11 is 18.6. The van der Waals surface area contributed by atoms with E-state index in [1.165, 1.54) is 0 Å². The summed E-state index contributed by atoms with van der Waals surface area (Å²) in [6.07, 6.45) is 0.624. The number of hydrogen-bond acceptors (Lipinski definition) is 1. The van der Waals surface area contributed by atoms with E-state index in [1.807, 2.05) is 60.7 Å². The van der Waals surface area contributed by atoms with Crippen LogP contribution in [0.1, 0.15) is 21.5 Å². The molecule has 1 amide bonds. The number of carbonyl (C=O) groups is 1. The SMILES string of the molecule is O=C(c1ccccc1)N(CCc1ccc(Cl)cc1Cl)Cc1ccccc1Cl. The van der Waals surface area contributed by atoms with Gasteiger partial charge in [0.2, 0.25) is 0 Å². The molecule has 138 valence electrons. The van der Waals surface area contributed by atoms with Gasteiger partial charge in [-0.15, -0.1) is 0 Å². The summed E-state index contributed by atoms with van der Waals surface area (Å²) in [7, 11) is 0. The molecule has 3 rings (SSSR count). The predicted octanol–water partition coefficient (Wildman–Crippen LogP) is 6.53. The molecule has 0 radical (unpaired) electrons. The van der Waals surface area contributed by atoms with Gasteiger partial charge < -0.3 is 4.90 Å². The smallest absolute Gasteiger partial charge is 0.254 e. The van der Waals surface area contributed by atoms with Crippen molar-refractivity contribution < 1.29 is 4.79 Å². The molecule has 0 bridgehead atoms. The maximum atomic E-state index is 13.0. The Morgan fingerprint density at radius 3 is 2.19 bits per heavy atom. The lowest BCUT2D eigenvalue weighted by Gasteiger charge is -2.24. The molecule has 0 atom stereocenters. The monoisotopic (exact) mass is 417 g/mol. The van der Waals surface area contributed by atoms with E-state index < -0.39 is 0 Å². The number of rotatable bonds is 6. The summed E-state index contributed by atoms with van der Waals surface area (Å²) in [5.74, 6) is -0.0411. The van der Waals surface area contributed by atoms with Crippen LogP contribution in [0.3, 0.4) is 0 Å². The van der Waals surface area contributed by atoms with Gasteiger partial charge in [0, 0.05) is 33.7 Å². The maximum absolute atomic E-state index is 13.0. The number of hydrogen-bond donors (Lipinski definition) is 0. The number of carbonyl (C=O) groups excluding carboxylic acids is 1. The summed E-state index contributed by atoms with van der Waals surface area (Å²) in [4.78, 5) is 14.8. The molecule has 5 heteroatoms. The van der Waals surface area contributed by atoms with Crippen LogP contribution in [0, 0.1) is 0 Å². The molecular weight excluding hydrogens is 401 g/mol. The van der Waals surface area contributed by atoms with E-state index in [2.05, 4.69) is 0 Å². The quantitative estimate of drug-likeness (QED) is 0.445. The van der Waals surface area contributed by atoms with Crippen molar-refractivity contribution in [3.63, 3.8) is 0 Å². The summed E-state index contributed by atoms with van der Waals surface area (Å²) in [5, 5.41) is 1.84. The lowest BCUT2D eigenvalue weighted by Crippen LogP contribution is -2.32. The molecule has 2 nitrogen and oxygen atoms in total. The summed E-state index contributed by atoms with van der Waals surface area (Å²) < 4.78 is 0. The minimum Gasteiger partial charge on any atom is -0.334 e. The second-order valence-corrected chi connectivity index (χ2v) is 7.42. The molecule has 0 N–H and O–H groups in total. The fourth-order valence-corrected chi connectivity index (χ4v) is 3.53. The van der Waals surface area contributed by atoms with Crippen LogP contribution in [0.15, 0.2) is 72.8 Å². The van der Waals surface area contributed by atoms with Gasteiger partial charge in [-0.25, -0.2) is 0 Å². The van der Waals surface area contributed by atoms with Gasteiger partial charge in [0.05, 0.1) is 0 Å². The number of nitrogens with zero attached hydrogens (tertiary/aromatic N) is 1. The van der Waals surface area contributed by atoms with Crippen LogP contribution >= 0.6 is 34.8 Å². The first-order chi connectivity index (χ1) is 13.0. The Morgan fingerprint density at radius 1 is 0.778 bits per heavy atom. The molecule has 0 aliphatic rings. The lowest BCUT2D eigenvalue weighted by molar-refractivity contribution is 0.0745. The second kappa shape index (κ2) is 9.27. The zero-order valence-corrected chi connectivity index (χ0v) is 16.8. The van der Waals surface area contributed by atoms with Gasteiger partial charge >= 0.3 is 0 Å². The zero-order valence-electron chi connectivity index (χ0n) is 14.5. The molecule has 27 heavy (non-hydrogen) atoms. The van der Waals surface area contributed by atoms with Crippen molar-refractivity contribution in [2.24, 2.45) is 0 Å². The van der Waals surface area contributed by atoms with E-state index in [9.17, 15) is 4.79 Å². The Kier molecular flexibility index (Phi) is 6.78. The van der Waals surface area contributed by atoms with Gasteiger partial charge in [-0.3, -0.25) is 4.79 Å². The molecule has 0 aliphatic heterocycles. The fraction of sp³-hybridized carbons (Fsp3) is 0.136. The first-order valence-electron chi connectivity index (χ1n) is 8.56. The van der Waals surface area contributed by atoms with Crippen molar-refractivity contribution in [3.8, 4) is 0 Å². The molecule has 0 aliphatic carbocycles. The molecule has 0 unspecified atom stereocenters. The highest BCUT2D eigenvalue weighted by atomic mass is 35.5. The normalized spacial score (nSPS) is 10.6. The van der Waals surface area contributed by atoms with Crippen molar-refractivity contribution >= 4 is 40.7 Å². The minimum atomic E-state index is -0.0411. The Morgan fingerprint density at radius 2 is 1.48 bits per heavy atom. The van der Waals surface area contributed by atoms with Gasteiger partial charge in [-0.1, -0.05) is 77.3 Å². The third-order valence-corrected chi connectivity index (χ3v) is 5.25. The second-order valence-electron chi connectivity index (χ2n) is 6.17. The topological polar surface area (TPSA) is 20.3 Å². The van der Waals surface area contributed by atoms with E-state index >= 15 is 0 Å². The largest absolute Gasteiger partial charge is 0.334 e. The van der Waals surface area contributed by atoms with Crippen LogP contribution in [0.25, 0.3) is 0 Å². The van der Waals surface area contributed by atoms with Crippen LogP contribution in [-0.2, 0) is 13.0 Å². The Bertz CT molecular complexity index is 928. The van der Waals surface area contributed by atoms with Gasteiger partial charge in [0.25, 0.3) is 5.91 Å². The molecule has 0 aromatic heterocycles. The van der Waals surface area contributed by atoms with Crippen molar-refractivity contribution in [2.45, 2.75) is 13.0 Å². The van der Waals surface area contributed by atoms with E-state index in [-0.39, 0.29) is 5.91 Å². The number of benzene rings is 3. The highest BCUT2D eigenvalue weighted by Gasteiger charge is 2.17. The van der Waals surface area contributed by atoms with Crippen LogP contribution in [0.2, 0.25) is 15.1 Å². The maximum Gasteiger partial charge on any atom is 0.254 e. The minimum absolute atomic E-state index is 0.0411. The molecule has 0 saturated heterocycles. The third kappa shape index (κ3) is 5.26. The highest BCUT2D eigenvalue weighted by molar-refractivity contribution is 6.35. The average molecular weight is 419 g/mol. The molecule has 3 aromatic carbocycles. The van der Waals surface area contributed by atoms with E-state index in [0.717, 1.165) is 11.1 Å². The van der Waals surface area contributed by atoms with E-state index in [4.69, 9.17) is 34.8 Å². The summed E-state index contributed by atoms with van der Waals surface area (Å²) in [6.45, 7) is 0.943.